The minimum absolute atomic E-state index is 0.0880. The van der Waals surface area contributed by atoms with Crippen molar-refractivity contribution in [1.29, 1.82) is 0 Å². The second-order valence-corrected chi connectivity index (χ2v) is 7.47. The first kappa shape index (κ1) is 12.3. The fraction of sp³-hybridized carbons (Fsp3) is 1.00. The summed E-state index contributed by atoms with van der Waals surface area (Å²) in [5.41, 5.74) is 0. The van der Waals surface area contributed by atoms with Gasteiger partial charge in [0.05, 0.1) is 5.75 Å². The molecule has 1 aliphatic heterocycles. The molecule has 0 aromatic carbocycles. The lowest BCUT2D eigenvalue weighted by Crippen LogP contribution is -2.11. The summed E-state index contributed by atoms with van der Waals surface area (Å²) in [4.78, 5) is 0. The Hall–Kier alpha value is 0.260. The molecule has 0 aliphatic carbocycles. The molecule has 3 nitrogen and oxygen atoms in total. The van der Waals surface area contributed by atoms with Crippen LogP contribution >= 0.6 is 11.8 Å². The van der Waals surface area contributed by atoms with Gasteiger partial charge in [-0.15, -0.1) is 0 Å². The molecular formula is C9H18O3S2. The van der Waals surface area contributed by atoms with Crippen LogP contribution in [0.1, 0.15) is 33.1 Å². The van der Waals surface area contributed by atoms with Crippen LogP contribution in [0.3, 0.4) is 0 Å². The molecule has 5 heteroatoms. The molecule has 1 saturated heterocycles. The molecule has 1 heterocycles. The molecule has 0 saturated carbocycles. The predicted octanol–water partition coefficient (Wildman–Crippen LogP) is 2.18. The molecule has 0 radical (unpaired) electrons. The summed E-state index contributed by atoms with van der Waals surface area (Å²) in [6.07, 6.45) is 2.68. The molecule has 0 aromatic heterocycles. The van der Waals surface area contributed by atoms with Crippen LogP contribution in [-0.2, 0) is 10.1 Å². The molecule has 1 aliphatic rings. The normalized spacial score (nSPS) is 33.5. The van der Waals surface area contributed by atoms with E-state index in [1.165, 1.54) is 6.42 Å². The lowest BCUT2D eigenvalue weighted by atomic mass is 9.96. The smallest absolute Gasteiger partial charge is 0.264 e. The maximum absolute atomic E-state index is 10.5. The Labute approximate surface area is 90.4 Å². The standard InChI is InChI=1S/C9H18O3S2/c1-7-6-9(8(2)13-7)4-3-5-14(10,11)12/h7-9H,3-6H2,1-2H3,(H,10,11,12). The first-order valence-corrected chi connectivity index (χ1v) is 7.54. The monoisotopic (exact) mass is 238 g/mol. The quantitative estimate of drug-likeness (QED) is 0.763. The molecule has 1 fully saturated rings. The highest BCUT2D eigenvalue weighted by Crippen LogP contribution is 2.40. The fourth-order valence-corrected chi connectivity index (χ4v) is 4.12. The zero-order valence-corrected chi connectivity index (χ0v) is 10.3. The number of thioether (sulfide) groups is 1. The van der Waals surface area contributed by atoms with Crippen molar-refractivity contribution >= 4 is 21.9 Å². The Morgan fingerprint density at radius 1 is 1.43 bits per heavy atom. The van der Waals surface area contributed by atoms with Crippen LogP contribution in [-0.4, -0.2) is 29.2 Å². The van der Waals surface area contributed by atoms with Crippen molar-refractivity contribution < 1.29 is 13.0 Å². The number of rotatable bonds is 4. The molecular weight excluding hydrogens is 220 g/mol. The van der Waals surface area contributed by atoms with Gasteiger partial charge in [0.2, 0.25) is 0 Å². The van der Waals surface area contributed by atoms with Crippen LogP contribution in [0.5, 0.6) is 0 Å². The molecule has 84 valence electrons. The molecule has 3 atom stereocenters. The molecule has 14 heavy (non-hydrogen) atoms. The molecule has 0 aromatic rings. The van der Waals surface area contributed by atoms with Gasteiger partial charge in [-0.3, -0.25) is 4.55 Å². The number of hydrogen-bond acceptors (Lipinski definition) is 3. The summed E-state index contributed by atoms with van der Waals surface area (Å²) >= 11 is 1.97. The zero-order valence-electron chi connectivity index (χ0n) is 8.64. The Bertz CT molecular complexity index is 274. The first-order valence-electron chi connectivity index (χ1n) is 4.99. The van der Waals surface area contributed by atoms with E-state index in [0.29, 0.717) is 22.8 Å². The summed E-state index contributed by atoms with van der Waals surface area (Å²) in [5.74, 6) is 0.534. The van der Waals surface area contributed by atoms with Crippen molar-refractivity contribution in [2.75, 3.05) is 5.75 Å². The summed E-state index contributed by atoms with van der Waals surface area (Å²) in [6, 6.07) is 0. The van der Waals surface area contributed by atoms with Gasteiger partial charge < -0.3 is 0 Å². The van der Waals surface area contributed by atoms with E-state index in [1.54, 1.807) is 0 Å². The Balaban J connectivity index is 2.25. The van der Waals surface area contributed by atoms with Gasteiger partial charge in [0.15, 0.2) is 0 Å². The second-order valence-electron chi connectivity index (χ2n) is 4.08. The lowest BCUT2D eigenvalue weighted by molar-refractivity contribution is 0.450. The van der Waals surface area contributed by atoms with Crippen LogP contribution < -0.4 is 0 Å². The van der Waals surface area contributed by atoms with E-state index >= 15 is 0 Å². The van der Waals surface area contributed by atoms with Crippen LogP contribution in [0.25, 0.3) is 0 Å². The average molecular weight is 238 g/mol. The van der Waals surface area contributed by atoms with Crippen LogP contribution in [0.4, 0.5) is 0 Å². The van der Waals surface area contributed by atoms with Crippen molar-refractivity contribution in [2.45, 2.75) is 43.6 Å². The molecule has 1 rings (SSSR count). The highest BCUT2D eigenvalue weighted by Gasteiger charge is 2.28. The van der Waals surface area contributed by atoms with Gasteiger partial charge in [0, 0.05) is 10.5 Å². The molecule has 0 amide bonds. The van der Waals surface area contributed by atoms with Gasteiger partial charge in [0.1, 0.15) is 0 Å². The van der Waals surface area contributed by atoms with Gasteiger partial charge in [0.25, 0.3) is 10.1 Å². The summed E-state index contributed by atoms with van der Waals surface area (Å²) in [7, 11) is -3.75. The topological polar surface area (TPSA) is 54.4 Å². The van der Waals surface area contributed by atoms with E-state index in [0.717, 1.165) is 6.42 Å². The van der Waals surface area contributed by atoms with E-state index in [2.05, 4.69) is 13.8 Å². The predicted molar refractivity (Wildman–Crippen MR) is 60.3 cm³/mol. The molecule has 1 N–H and O–H groups in total. The Morgan fingerprint density at radius 3 is 2.50 bits per heavy atom. The van der Waals surface area contributed by atoms with Crippen molar-refractivity contribution in [1.82, 2.24) is 0 Å². The largest absolute Gasteiger partial charge is 0.286 e. The Kier molecular flexibility index (Phi) is 4.28. The van der Waals surface area contributed by atoms with Crippen molar-refractivity contribution in [3.05, 3.63) is 0 Å². The summed E-state index contributed by atoms with van der Waals surface area (Å²) in [5, 5.41) is 1.33. The van der Waals surface area contributed by atoms with E-state index in [1.807, 2.05) is 11.8 Å². The second kappa shape index (κ2) is 4.86. The van der Waals surface area contributed by atoms with Crippen LogP contribution in [0.15, 0.2) is 0 Å². The maximum Gasteiger partial charge on any atom is 0.264 e. The summed E-state index contributed by atoms with van der Waals surface area (Å²) < 4.78 is 29.6. The van der Waals surface area contributed by atoms with Crippen molar-refractivity contribution in [2.24, 2.45) is 5.92 Å². The van der Waals surface area contributed by atoms with Crippen molar-refractivity contribution in [3.63, 3.8) is 0 Å². The minimum Gasteiger partial charge on any atom is -0.286 e. The van der Waals surface area contributed by atoms with Gasteiger partial charge in [-0.1, -0.05) is 13.8 Å². The maximum atomic E-state index is 10.5. The highest BCUT2D eigenvalue weighted by molar-refractivity contribution is 8.00. The third-order valence-electron chi connectivity index (χ3n) is 2.72. The van der Waals surface area contributed by atoms with E-state index in [9.17, 15) is 8.42 Å². The highest BCUT2D eigenvalue weighted by atomic mass is 32.2. The lowest BCUT2D eigenvalue weighted by Gasteiger charge is -2.12. The Morgan fingerprint density at radius 2 is 2.07 bits per heavy atom. The van der Waals surface area contributed by atoms with Gasteiger partial charge >= 0.3 is 0 Å². The average Bonchev–Trinajstić information content (AvgIpc) is 2.27. The van der Waals surface area contributed by atoms with Gasteiger partial charge in [-0.25, -0.2) is 0 Å². The van der Waals surface area contributed by atoms with Crippen LogP contribution in [0.2, 0.25) is 0 Å². The SMILES string of the molecule is CC1CC(CCCS(=O)(=O)O)C(C)S1. The minimum atomic E-state index is -3.75. The molecule has 0 spiro atoms. The van der Waals surface area contributed by atoms with Gasteiger partial charge in [-0.2, -0.15) is 20.2 Å². The van der Waals surface area contributed by atoms with E-state index in [4.69, 9.17) is 4.55 Å². The van der Waals surface area contributed by atoms with Gasteiger partial charge in [-0.05, 0) is 25.2 Å². The van der Waals surface area contributed by atoms with Crippen molar-refractivity contribution in [3.8, 4) is 0 Å². The summed E-state index contributed by atoms with van der Waals surface area (Å²) in [6.45, 7) is 4.41. The molecule has 3 unspecified atom stereocenters. The fourth-order valence-electron chi connectivity index (χ4n) is 2.03. The number of hydrogen-bond donors (Lipinski definition) is 1. The van der Waals surface area contributed by atoms with Crippen LogP contribution in [0, 0.1) is 5.92 Å². The third kappa shape index (κ3) is 4.19. The third-order valence-corrected chi connectivity index (χ3v) is 5.00. The first-order chi connectivity index (χ1) is 6.38. The van der Waals surface area contributed by atoms with E-state index in [-0.39, 0.29) is 5.75 Å². The zero-order chi connectivity index (χ0) is 10.8. The molecule has 0 bridgehead atoms. The van der Waals surface area contributed by atoms with E-state index < -0.39 is 10.1 Å².